The molecule has 0 aromatic heterocycles. The van der Waals surface area contributed by atoms with Crippen LogP contribution in [0.4, 0.5) is 0 Å². The summed E-state index contributed by atoms with van der Waals surface area (Å²) in [5.41, 5.74) is 3.58. The van der Waals surface area contributed by atoms with Crippen molar-refractivity contribution in [2.45, 2.75) is 25.7 Å². The number of aryl methyl sites for hydroxylation is 1. The van der Waals surface area contributed by atoms with E-state index < -0.39 is 10.0 Å². The molecule has 0 aliphatic heterocycles. The Bertz CT molecular complexity index is 476. The Kier molecular flexibility index (Phi) is 4.72. The molecule has 0 spiro atoms. The molecule has 0 fully saturated rings. The lowest BCUT2D eigenvalue weighted by atomic mass is 10.2. The van der Waals surface area contributed by atoms with Crippen LogP contribution in [0.25, 0.3) is 0 Å². The molecule has 0 saturated carbocycles. The first-order valence-corrected chi connectivity index (χ1v) is 6.91. The number of benzene rings is 1. The molecule has 1 rings (SSSR count). The highest BCUT2D eigenvalue weighted by atomic mass is 32.2. The van der Waals surface area contributed by atoms with Crippen molar-refractivity contribution < 1.29 is 8.42 Å². The number of hydrogen-bond donors (Lipinski definition) is 2. The van der Waals surface area contributed by atoms with Gasteiger partial charge in [-0.25, -0.2) is 8.42 Å². The minimum absolute atomic E-state index is 0.244. The van der Waals surface area contributed by atoms with Gasteiger partial charge in [-0.3, -0.25) is 0 Å². The largest absolute Gasteiger partial charge is 0.315 e. The predicted octanol–water partition coefficient (Wildman–Crippen LogP) is 1.95. The molecular weight excluding hydrogens is 236 g/mol. The smallest absolute Gasteiger partial charge is 0.257 e. The zero-order valence-electron chi connectivity index (χ0n) is 10.3. The predicted molar refractivity (Wildman–Crippen MR) is 68.6 cm³/mol. The van der Waals surface area contributed by atoms with Gasteiger partial charge in [0.2, 0.25) is 0 Å². The minimum Gasteiger partial charge on any atom is -0.315 e. The number of nitrogens with one attached hydrogen (secondary N) is 2. The van der Waals surface area contributed by atoms with Gasteiger partial charge < -0.3 is 5.43 Å². The molecule has 0 unspecified atom stereocenters. The van der Waals surface area contributed by atoms with Gasteiger partial charge in [0.15, 0.2) is 0 Å². The van der Waals surface area contributed by atoms with E-state index >= 15 is 0 Å². The summed E-state index contributed by atoms with van der Waals surface area (Å²) in [5, 5.41) is 0. The topological polar surface area (TPSA) is 58.2 Å². The van der Waals surface area contributed by atoms with Crippen LogP contribution in [0.15, 0.2) is 41.4 Å². The Morgan fingerprint density at radius 1 is 1.18 bits per heavy atom. The van der Waals surface area contributed by atoms with Crippen LogP contribution in [0, 0.1) is 12.8 Å². The first kappa shape index (κ1) is 13.7. The molecule has 0 aliphatic rings. The summed E-state index contributed by atoms with van der Waals surface area (Å²) in [7, 11) is -3.49. The zero-order valence-corrected chi connectivity index (χ0v) is 11.1. The second kappa shape index (κ2) is 5.84. The summed E-state index contributed by atoms with van der Waals surface area (Å²) in [6.07, 6.45) is 3.44. The molecule has 1 aromatic rings. The SMILES string of the molecule is Cc1ccc(S(=O)(=O)NN/C=C/C(C)C)cc1. The van der Waals surface area contributed by atoms with Crippen LogP contribution in [-0.4, -0.2) is 8.42 Å². The van der Waals surface area contributed by atoms with E-state index in [1.54, 1.807) is 30.5 Å². The van der Waals surface area contributed by atoms with Gasteiger partial charge in [-0.1, -0.05) is 37.6 Å². The highest BCUT2D eigenvalue weighted by molar-refractivity contribution is 7.89. The Hall–Kier alpha value is -1.33. The fourth-order valence-corrected chi connectivity index (χ4v) is 1.96. The number of hydrogen-bond acceptors (Lipinski definition) is 3. The van der Waals surface area contributed by atoms with Gasteiger partial charge in [0.05, 0.1) is 4.90 Å². The average molecular weight is 254 g/mol. The summed E-state index contributed by atoms with van der Waals surface area (Å²) < 4.78 is 23.6. The Balaban J connectivity index is 2.66. The second-order valence-corrected chi connectivity index (χ2v) is 5.85. The van der Waals surface area contributed by atoms with Crippen LogP contribution < -0.4 is 10.3 Å². The van der Waals surface area contributed by atoms with Crippen molar-refractivity contribution >= 4 is 10.0 Å². The van der Waals surface area contributed by atoms with E-state index in [1.165, 1.54) is 0 Å². The van der Waals surface area contributed by atoms with Crippen molar-refractivity contribution in [3.05, 3.63) is 42.1 Å². The maximum Gasteiger partial charge on any atom is 0.257 e. The summed E-state index contributed by atoms with van der Waals surface area (Å²) in [5.74, 6) is 0.367. The van der Waals surface area contributed by atoms with Crippen molar-refractivity contribution in [2.24, 2.45) is 5.92 Å². The van der Waals surface area contributed by atoms with Gasteiger partial charge in [0.1, 0.15) is 0 Å². The van der Waals surface area contributed by atoms with Crippen molar-refractivity contribution in [1.82, 2.24) is 10.3 Å². The van der Waals surface area contributed by atoms with Gasteiger partial charge in [-0.15, -0.1) is 4.83 Å². The molecule has 94 valence electrons. The molecule has 0 bridgehead atoms. The molecule has 0 amide bonds. The zero-order chi connectivity index (χ0) is 12.9. The first-order chi connectivity index (χ1) is 7.92. The van der Waals surface area contributed by atoms with E-state index in [-0.39, 0.29) is 4.90 Å². The Morgan fingerprint density at radius 2 is 1.76 bits per heavy atom. The van der Waals surface area contributed by atoms with Crippen LogP contribution in [0.2, 0.25) is 0 Å². The fourth-order valence-electron chi connectivity index (χ4n) is 1.13. The molecule has 2 N–H and O–H groups in total. The third-order valence-corrected chi connectivity index (χ3v) is 3.37. The van der Waals surface area contributed by atoms with Crippen molar-refractivity contribution in [3.63, 3.8) is 0 Å². The van der Waals surface area contributed by atoms with Crippen LogP contribution in [0.5, 0.6) is 0 Å². The van der Waals surface area contributed by atoms with E-state index in [4.69, 9.17) is 0 Å². The van der Waals surface area contributed by atoms with E-state index in [9.17, 15) is 8.42 Å². The molecule has 17 heavy (non-hydrogen) atoms. The highest BCUT2D eigenvalue weighted by Crippen LogP contribution is 2.08. The first-order valence-electron chi connectivity index (χ1n) is 5.42. The maximum absolute atomic E-state index is 11.8. The van der Waals surface area contributed by atoms with Gasteiger partial charge in [0.25, 0.3) is 10.0 Å². The van der Waals surface area contributed by atoms with Gasteiger partial charge in [-0.2, -0.15) is 0 Å². The molecule has 5 heteroatoms. The van der Waals surface area contributed by atoms with Gasteiger partial charge in [-0.05, 0) is 25.0 Å². The van der Waals surface area contributed by atoms with E-state index in [2.05, 4.69) is 10.3 Å². The Labute approximate surface area is 103 Å². The van der Waals surface area contributed by atoms with E-state index in [0.717, 1.165) is 5.56 Å². The number of hydrazine groups is 1. The molecule has 0 aliphatic carbocycles. The normalized spacial score (nSPS) is 12.2. The van der Waals surface area contributed by atoms with Crippen molar-refractivity contribution in [2.75, 3.05) is 0 Å². The number of allylic oxidation sites excluding steroid dienone is 1. The fraction of sp³-hybridized carbons (Fsp3) is 0.333. The molecule has 0 radical (unpaired) electrons. The number of rotatable bonds is 5. The Morgan fingerprint density at radius 3 is 2.29 bits per heavy atom. The van der Waals surface area contributed by atoms with Crippen LogP contribution >= 0.6 is 0 Å². The molecule has 0 heterocycles. The second-order valence-electron chi connectivity index (χ2n) is 4.17. The van der Waals surface area contributed by atoms with Crippen molar-refractivity contribution in [1.29, 1.82) is 0 Å². The third kappa shape index (κ3) is 4.58. The molecule has 0 atom stereocenters. The molecule has 0 saturated heterocycles. The third-order valence-electron chi connectivity index (χ3n) is 2.09. The summed E-state index contributed by atoms with van der Waals surface area (Å²) >= 11 is 0. The lowest BCUT2D eigenvalue weighted by molar-refractivity contribution is 0.574. The summed E-state index contributed by atoms with van der Waals surface area (Å²) in [6, 6.07) is 6.67. The molecule has 1 aromatic carbocycles. The molecule has 4 nitrogen and oxygen atoms in total. The quantitative estimate of drug-likeness (QED) is 0.790. The lowest BCUT2D eigenvalue weighted by Gasteiger charge is -2.06. The van der Waals surface area contributed by atoms with E-state index in [0.29, 0.717) is 5.92 Å². The van der Waals surface area contributed by atoms with Crippen LogP contribution in [0.1, 0.15) is 19.4 Å². The van der Waals surface area contributed by atoms with Gasteiger partial charge >= 0.3 is 0 Å². The average Bonchev–Trinajstić information content (AvgIpc) is 2.25. The van der Waals surface area contributed by atoms with Gasteiger partial charge in [0, 0.05) is 6.20 Å². The minimum atomic E-state index is -3.49. The number of sulfonamides is 1. The standard InChI is InChI=1S/C12H18N2O2S/c1-10(2)8-9-13-14-17(15,16)12-6-4-11(3)5-7-12/h4-10,13-14H,1-3H3/b9-8+. The summed E-state index contributed by atoms with van der Waals surface area (Å²) in [4.78, 5) is 2.53. The maximum atomic E-state index is 11.8. The molecular formula is C12H18N2O2S. The van der Waals surface area contributed by atoms with Crippen LogP contribution in [-0.2, 0) is 10.0 Å². The monoisotopic (exact) mass is 254 g/mol. The van der Waals surface area contributed by atoms with Crippen molar-refractivity contribution in [3.8, 4) is 0 Å². The lowest BCUT2D eigenvalue weighted by Crippen LogP contribution is -2.33. The summed E-state index contributed by atoms with van der Waals surface area (Å²) in [6.45, 7) is 5.92. The highest BCUT2D eigenvalue weighted by Gasteiger charge is 2.11. The van der Waals surface area contributed by atoms with E-state index in [1.807, 2.05) is 26.8 Å². The van der Waals surface area contributed by atoms with Crippen LogP contribution in [0.3, 0.4) is 0 Å².